The number of hydrogen-bond donors (Lipinski definition) is 0. The number of halogens is 2. The second kappa shape index (κ2) is 6.88. The van der Waals surface area contributed by atoms with Crippen molar-refractivity contribution in [3.05, 3.63) is 76.4 Å². The summed E-state index contributed by atoms with van der Waals surface area (Å²) < 4.78 is 3.32. The van der Waals surface area contributed by atoms with Crippen molar-refractivity contribution >= 4 is 39.0 Å². The lowest BCUT2D eigenvalue weighted by molar-refractivity contribution is -0.646. The molecule has 0 radical (unpaired) electrons. The van der Waals surface area contributed by atoms with E-state index in [0.29, 0.717) is 0 Å². The van der Waals surface area contributed by atoms with Crippen LogP contribution in [-0.2, 0) is 7.05 Å². The van der Waals surface area contributed by atoms with Crippen molar-refractivity contribution in [3.63, 3.8) is 0 Å². The van der Waals surface area contributed by atoms with E-state index in [-0.39, 0.29) is 12.4 Å². The summed E-state index contributed by atoms with van der Waals surface area (Å²) in [6, 6.07) is 21.0. The molecule has 0 N–H and O–H groups in total. The highest BCUT2D eigenvalue weighted by Crippen LogP contribution is 2.14. The van der Waals surface area contributed by atoms with Gasteiger partial charge in [0.05, 0.1) is 0 Å². The minimum absolute atomic E-state index is 0. The maximum Gasteiger partial charge on any atom is 0.212 e. The van der Waals surface area contributed by atoms with Gasteiger partial charge in [-0.15, -0.1) is 0 Å². The van der Waals surface area contributed by atoms with Crippen LogP contribution in [0.2, 0.25) is 0 Å². The zero-order valence-electron chi connectivity index (χ0n) is 11.6. The van der Waals surface area contributed by atoms with Crippen molar-refractivity contribution in [1.29, 1.82) is 0 Å². The highest BCUT2D eigenvalue weighted by molar-refractivity contribution is 9.10. The third-order valence-electron chi connectivity index (χ3n) is 3.44. The fourth-order valence-corrected chi connectivity index (χ4v) is 2.55. The van der Waals surface area contributed by atoms with Gasteiger partial charge < -0.3 is 12.4 Å². The molecule has 0 atom stereocenters. The molecule has 1 nitrogen and oxygen atoms in total. The third kappa shape index (κ3) is 3.52. The van der Waals surface area contributed by atoms with Gasteiger partial charge in [-0.25, -0.2) is 0 Å². The number of benzene rings is 2. The van der Waals surface area contributed by atoms with Gasteiger partial charge in [0.1, 0.15) is 7.05 Å². The van der Waals surface area contributed by atoms with Gasteiger partial charge >= 0.3 is 0 Å². The van der Waals surface area contributed by atoms with Gasteiger partial charge in [0.25, 0.3) is 0 Å². The summed E-state index contributed by atoms with van der Waals surface area (Å²) in [6.45, 7) is 0. The molecular weight excluding hydrogens is 346 g/mol. The second-order valence-electron chi connectivity index (χ2n) is 4.76. The van der Waals surface area contributed by atoms with Crippen LogP contribution in [0.1, 0.15) is 11.3 Å². The smallest absolute Gasteiger partial charge is 0.212 e. The van der Waals surface area contributed by atoms with Crippen molar-refractivity contribution in [2.75, 3.05) is 0 Å². The molecule has 0 saturated carbocycles. The average molecular weight is 361 g/mol. The fraction of sp³-hybridized carbons (Fsp3) is 0.0556. The van der Waals surface area contributed by atoms with Crippen LogP contribution < -0.4 is 17.0 Å². The van der Waals surface area contributed by atoms with Crippen LogP contribution in [0.3, 0.4) is 0 Å². The number of fused-ring (bicyclic) bond motifs is 1. The summed E-state index contributed by atoms with van der Waals surface area (Å²) >= 11 is 3.45. The summed E-state index contributed by atoms with van der Waals surface area (Å²) in [5.74, 6) is 0. The lowest BCUT2D eigenvalue weighted by Crippen LogP contribution is -3.00. The molecular formula is C18H15BrClN. The maximum atomic E-state index is 3.45. The van der Waals surface area contributed by atoms with Crippen molar-refractivity contribution in [2.45, 2.75) is 0 Å². The fourth-order valence-electron chi connectivity index (χ4n) is 2.28. The number of aromatic nitrogens is 1. The van der Waals surface area contributed by atoms with E-state index in [1.165, 1.54) is 22.2 Å². The van der Waals surface area contributed by atoms with Crippen LogP contribution in [0.5, 0.6) is 0 Å². The molecule has 3 heteroatoms. The Morgan fingerprint density at radius 3 is 2.33 bits per heavy atom. The van der Waals surface area contributed by atoms with Gasteiger partial charge in [-0.1, -0.05) is 40.2 Å². The predicted molar refractivity (Wildman–Crippen MR) is 88.2 cm³/mol. The van der Waals surface area contributed by atoms with Gasteiger partial charge in [-0.2, -0.15) is 4.57 Å². The summed E-state index contributed by atoms with van der Waals surface area (Å²) in [7, 11) is 2.10. The van der Waals surface area contributed by atoms with Crippen molar-refractivity contribution in [3.8, 4) is 0 Å². The third-order valence-corrected chi connectivity index (χ3v) is 3.96. The number of para-hydroxylation sites is 1. The molecule has 0 aliphatic heterocycles. The Hall–Kier alpha value is -1.64. The minimum atomic E-state index is 0. The molecule has 0 fully saturated rings. The Morgan fingerprint density at radius 1 is 0.857 bits per heavy atom. The first-order valence-electron chi connectivity index (χ1n) is 6.55. The van der Waals surface area contributed by atoms with Gasteiger partial charge in [0.2, 0.25) is 11.2 Å². The molecule has 0 unspecified atom stereocenters. The van der Waals surface area contributed by atoms with Crippen molar-refractivity contribution in [1.82, 2.24) is 0 Å². The molecule has 1 aromatic heterocycles. The van der Waals surface area contributed by atoms with Gasteiger partial charge in [0, 0.05) is 28.1 Å². The normalized spacial score (nSPS) is 10.8. The van der Waals surface area contributed by atoms with E-state index in [4.69, 9.17) is 0 Å². The quantitative estimate of drug-likeness (QED) is 0.611. The van der Waals surface area contributed by atoms with Gasteiger partial charge in [0.15, 0.2) is 0 Å². The molecule has 0 aliphatic rings. The molecule has 3 aromatic rings. The van der Waals surface area contributed by atoms with Crippen LogP contribution in [0.25, 0.3) is 23.1 Å². The van der Waals surface area contributed by atoms with E-state index in [2.05, 4.69) is 100 Å². The summed E-state index contributed by atoms with van der Waals surface area (Å²) in [5.41, 5.74) is 3.62. The number of hydrogen-bond acceptors (Lipinski definition) is 0. The van der Waals surface area contributed by atoms with E-state index in [9.17, 15) is 0 Å². The first kappa shape index (κ1) is 15.7. The van der Waals surface area contributed by atoms with Crippen LogP contribution in [0, 0.1) is 0 Å². The monoisotopic (exact) mass is 359 g/mol. The van der Waals surface area contributed by atoms with Gasteiger partial charge in [-0.3, -0.25) is 0 Å². The molecule has 3 rings (SSSR count). The first-order chi connectivity index (χ1) is 9.74. The van der Waals surface area contributed by atoms with E-state index in [1.54, 1.807) is 0 Å². The lowest BCUT2D eigenvalue weighted by atomic mass is 10.1. The van der Waals surface area contributed by atoms with Crippen LogP contribution in [0.4, 0.5) is 0 Å². The summed E-state index contributed by atoms with van der Waals surface area (Å²) in [4.78, 5) is 0. The van der Waals surface area contributed by atoms with Crippen molar-refractivity contribution < 1.29 is 17.0 Å². The molecule has 106 valence electrons. The average Bonchev–Trinajstić information content (AvgIpc) is 2.49. The number of aryl methyl sites for hydroxylation is 1. The minimum Gasteiger partial charge on any atom is -1.00 e. The standard InChI is InChI=1S/C18H15BrN.ClH/c1-20-17(12-8-14-6-10-16(19)11-7-14)13-9-15-4-2-3-5-18(15)20;/h2-13H,1H3;1H/q+1;/p-1. The first-order valence-corrected chi connectivity index (χ1v) is 7.35. The zero-order chi connectivity index (χ0) is 13.9. The van der Waals surface area contributed by atoms with Crippen molar-refractivity contribution in [2.24, 2.45) is 7.05 Å². The van der Waals surface area contributed by atoms with Crippen LogP contribution >= 0.6 is 15.9 Å². The topological polar surface area (TPSA) is 3.88 Å². The van der Waals surface area contributed by atoms with E-state index in [1.807, 2.05) is 0 Å². The largest absolute Gasteiger partial charge is 1.00 e. The lowest BCUT2D eigenvalue weighted by Gasteiger charge is -2.00. The van der Waals surface area contributed by atoms with E-state index < -0.39 is 0 Å². The Morgan fingerprint density at radius 2 is 1.57 bits per heavy atom. The van der Waals surface area contributed by atoms with Crippen LogP contribution in [0.15, 0.2) is 65.1 Å². The Balaban J connectivity index is 0.00000161. The predicted octanol–water partition coefficient (Wildman–Crippen LogP) is 1.60. The number of pyridine rings is 1. The van der Waals surface area contributed by atoms with Gasteiger partial charge in [-0.05, 0) is 35.9 Å². The molecule has 21 heavy (non-hydrogen) atoms. The Kier molecular flexibility index (Phi) is 5.16. The summed E-state index contributed by atoms with van der Waals surface area (Å²) in [6.07, 6.45) is 4.28. The number of rotatable bonds is 2. The molecule has 0 bridgehead atoms. The second-order valence-corrected chi connectivity index (χ2v) is 5.68. The molecule has 0 saturated heterocycles. The zero-order valence-corrected chi connectivity index (χ0v) is 14.0. The molecule has 2 aromatic carbocycles. The van der Waals surface area contributed by atoms with E-state index in [0.717, 1.165) is 4.47 Å². The Bertz CT molecular complexity index is 779. The summed E-state index contributed by atoms with van der Waals surface area (Å²) in [5, 5.41) is 1.26. The molecule has 0 spiro atoms. The molecule has 1 heterocycles. The van der Waals surface area contributed by atoms with Crippen LogP contribution in [-0.4, -0.2) is 0 Å². The highest BCUT2D eigenvalue weighted by atomic mass is 79.9. The maximum absolute atomic E-state index is 3.45. The SMILES string of the molecule is C[n+]1c(C=Cc2ccc(Br)cc2)ccc2ccccc21.[Cl-]. The highest BCUT2D eigenvalue weighted by Gasteiger charge is 2.07. The molecule has 0 amide bonds. The molecule has 0 aliphatic carbocycles. The van der Waals surface area contributed by atoms with E-state index >= 15 is 0 Å². The number of nitrogens with zero attached hydrogens (tertiary/aromatic N) is 1. The Labute approximate surface area is 139 Å².